The zero-order chi connectivity index (χ0) is 9.42. The van der Waals surface area contributed by atoms with Gasteiger partial charge in [-0.2, -0.15) is 0 Å². The third-order valence-corrected chi connectivity index (χ3v) is 2.27. The van der Waals surface area contributed by atoms with E-state index in [-0.39, 0.29) is 5.91 Å². The smallest absolute Gasteiger partial charge is 0.253 e. The highest BCUT2D eigenvalue weighted by Gasteiger charge is 2.24. The molecular formula is C10H12N2O. The SMILES string of the molecule is CC(C)C1=CC2=NCC(=O)N2C=C1. The van der Waals surface area contributed by atoms with E-state index in [0.29, 0.717) is 12.5 Å². The first-order valence-electron chi connectivity index (χ1n) is 4.45. The first-order valence-corrected chi connectivity index (χ1v) is 4.45. The van der Waals surface area contributed by atoms with E-state index in [4.69, 9.17) is 0 Å². The molecule has 2 rings (SSSR count). The van der Waals surface area contributed by atoms with Gasteiger partial charge in [-0.1, -0.05) is 13.8 Å². The maximum Gasteiger partial charge on any atom is 0.253 e. The molecule has 0 aromatic rings. The average molecular weight is 176 g/mol. The number of rotatable bonds is 1. The van der Waals surface area contributed by atoms with Gasteiger partial charge in [-0.25, -0.2) is 0 Å². The van der Waals surface area contributed by atoms with Crippen molar-refractivity contribution in [1.29, 1.82) is 0 Å². The molecule has 0 aliphatic carbocycles. The number of carbonyl (C=O) groups is 1. The normalized spacial score (nSPS) is 20.5. The van der Waals surface area contributed by atoms with E-state index in [1.54, 1.807) is 4.90 Å². The number of hydrogen-bond acceptors (Lipinski definition) is 2. The zero-order valence-electron chi connectivity index (χ0n) is 7.82. The van der Waals surface area contributed by atoms with E-state index in [1.807, 2.05) is 18.4 Å². The van der Waals surface area contributed by atoms with Gasteiger partial charge >= 0.3 is 0 Å². The van der Waals surface area contributed by atoms with Crippen LogP contribution in [0.5, 0.6) is 0 Å². The van der Waals surface area contributed by atoms with Crippen LogP contribution in [0.4, 0.5) is 0 Å². The lowest BCUT2D eigenvalue weighted by molar-refractivity contribution is -0.123. The molecule has 0 aromatic carbocycles. The molecule has 0 bridgehead atoms. The Morgan fingerprint density at radius 3 is 3.00 bits per heavy atom. The number of amidine groups is 1. The second-order valence-corrected chi connectivity index (χ2v) is 3.55. The number of nitrogens with zero attached hydrogens (tertiary/aromatic N) is 2. The Kier molecular flexibility index (Phi) is 1.79. The Morgan fingerprint density at radius 2 is 2.31 bits per heavy atom. The summed E-state index contributed by atoms with van der Waals surface area (Å²) >= 11 is 0. The molecule has 0 atom stereocenters. The van der Waals surface area contributed by atoms with Gasteiger partial charge in [-0.3, -0.25) is 14.7 Å². The molecular weight excluding hydrogens is 164 g/mol. The van der Waals surface area contributed by atoms with Crippen LogP contribution < -0.4 is 0 Å². The summed E-state index contributed by atoms with van der Waals surface area (Å²) in [6.45, 7) is 4.55. The molecule has 3 heteroatoms. The second kappa shape index (κ2) is 2.83. The zero-order valence-corrected chi connectivity index (χ0v) is 7.82. The van der Waals surface area contributed by atoms with Crippen LogP contribution in [0.1, 0.15) is 13.8 Å². The summed E-state index contributed by atoms with van der Waals surface area (Å²) in [7, 11) is 0. The molecule has 0 spiro atoms. The molecule has 1 amide bonds. The number of aliphatic imine (C=N–C) groups is 1. The summed E-state index contributed by atoms with van der Waals surface area (Å²) < 4.78 is 0. The highest BCUT2D eigenvalue weighted by Crippen LogP contribution is 2.19. The number of amides is 1. The van der Waals surface area contributed by atoms with E-state index < -0.39 is 0 Å². The fraction of sp³-hybridized carbons (Fsp3) is 0.400. The summed E-state index contributed by atoms with van der Waals surface area (Å²) in [4.78, 5) is 17.0. The molecule has 2 aliphatic heterocycles. The maximum absolute atomic E-state index is 11.2. The lowest BCUT2D eigenvalue weighted by atomic mass is 10.0. The number of carbonyl (C=O) groups excluding carboxylic acids is 1. The van der Waals surface area contributed by atoms with Crippen LogP contribution in [0.3, 0.4) is 0 Å². The summed E-state index contributed by atoms with van der Waals surface area (Å²) in [6, 6.07) is 0. The number of hydrogen-bond donors (Lipinski definition) is 0. The Bertz CT molecular complexity index is 337. The maximum atomic E-state index is 11.2. The van der Waals surface area contributed by atoms with E-state index in [9.17, 15) is 4.79 Å². The average Bonchev–Trinajstić information content (AvgIpc) is 2.47. The van der Waals surface area contributed by atoms with E-state index in [0.717, 1.165) is 5.84 Å². The third kappa shape index (κ3) is 1.30. The van der Waals surface area contributed by atoms with Gasteiger partial charge in [-0.15, -0.1) is 0 Å². The van der Waals surface area contributed by atoms with Crippen LogP contribution in [-0.4, -0.2) is 23.2 Å². The Balaban J connectivity index is 2.29. The fourth-order valence-corrected chi connectivity index (χ4v) is 1.42. The van der Waals surface area contributed by atoms with Crippen LogP contribution in [0.25, 0.3) is 0 Å². The second-order valence-electron chi connectivity index (χ2n) is 3.55. The fourth-order valence-electron chi connectivity index (χ4n) is 1.42. The third-order valence-electron chi connectivity index (χ3n) is 2.27. The van der Waals surface area contributed by atoms with Crippen molar-refractivity contribution in [2.75, 3.05) is 6.54 Å². The van der Waals surface area contributed by atoms with Crippen molar-refractivity contribution in [3.63, 3.8) is 0 Å². The largest absolute Gasteiger partial charge is 0.272 e. The van der Waals surface area contributed by atoms with Gasteiger partial charge in [0.2, 0.25) is 0 Å². The first-order chi connectivity index (χ1) is 6.18. The monoisotopic (exact) mass is 176 g/mol. The van der Waals surface area contributed by atoms with Crippen molar-refractivity contribution < 1.29 is 4.79 Å². The summed E-state index contributed by atoms with van der Waals surface area (Å²) in [5, 5.41) is 0. The standard InChI is InChI=1S/C10H12N2O/c1-7(2)8-3-4-12-9(5-8)11-6-10(12)13/h3-5,7H,6H2,1-2H3. The lowest BCUT2D eigenvalue weighted by Crippen LogP contribution is -2.28. The highest BCUT2D eigenvalue weighted by molar-refractivity contribution is 6.11. The van der Waals surface area contributed by atoms with E-state index in [1.165, 1.54) is 5.57 Å². The van der Waals surface area contributed by atoms with E-state index in [2.05, 4.69) is 18.8 Å². The highest BCUT2D eigenvalue weighted by atomic mass is 16.2. The molecule has 13 heavy (non-hydrogen) atoms. The number of allylic oxidation sites excluding steroid dienone is 2. The van der Waals surface area contributed by atoms with Gasteiger partial charge in [0.05, 0.1) is 0 Å². The Hall–Kier alpha value is -1.38. The summed E-state index contributed by atoms with van der Waals surface area (Å²) in [5.74, 6) is 1.33. The summed E-state index contributed by atoms with van der Waals surface area (Å²) in [6.07, 6.45) is 5.77. The molecule has 2 heterocycles. The van der Waals surface area contributed by atoms with Crippen LogP contribution in [-0.2, 0) is 4.79 Å². The van der Waals surface area contributed by atoms with Crippen molar-refractivity contribution in [2.45, 2.75) is 13.8 Å². The molecule has 0 saturated heterocycles. The minimum absolute atomic E-state index is 0.0605. The quantitative estimate of drug-likeness (QED) is 0.593. The predicted molar refractivity (Wildman–Crippen MR) is 51.2 cm³/mol. The molecule has 3 nitrogen and oxygen atoms in total. The topological polar surface area (TPSA) is 32.7 Å². The molecule has 2 aliphatic rings. The Labute approximate surface area is 77.4 Å². The van der Waals surface area contributed by atoms with Crippen LogP contribution in [0.2, 0.25) is 0 Å². The molecule has 0 saturated carbocycles. The van der Waals surface area contributed by atoms with Gasteiger partial charge in [0.15, 0.2) is 0 Å². The van der Waals surface area contributed by atoms with Gasteiger partial charge in [0.1, 0.15) is 12.4 Å². The summed E-state index contributed by atoms with van der Waals surface area (Å²) in [5.41, 5.74) is 1.23. The van der Waals surface area contributed by atoms with Crippen molar-refractivity contribution >= 4 is 11.7 Å². The first kappa shape index (κ1) is 8.23. The van der Waals surface area contributed by atoms with Gasteiger partial charge in [0.25, 0.3) is 5.91 Å². The van der Waals surface area contributed by atoms with Crippen LogP contribution >= 0.6 is 0 Å². The van der Waals surface area contributed by atoms with Crippen LogP contribution in [0.15, 0.2) is 28.9 Å². The van der Waals surface area contributed by atoms with Crippen molar-refractivity contribution in [1.82, 2.24) is 4.90 Å². The van der Waals surface area contributed by atoms with Crippen molar-refractivity contribution in [2.24, 2.45) is 10.9 Å². The molecule has 0 aromatic heterocycles. The van der Waals surface area contributed by atoms with Gasteiger partial charge in [-0.05, 0) is 23.6 Å². The molecule has 0 unspecified atom stereocenters. The van der Waals surface area contributed by atoms with Crippen LogP contribution in [0, 0.1) is 5.92 Å². The van der Waals surface area contributed by atoms with Crippen molar-refractivity contribution in [3.8, 4) is 0 Å². The minimum Gasteiger partial charge on any atom is -0.272 e. The molecule has 0 fully saturated rings. The van der Waals surface area contributed by atoms with E-state index >= 15 is 0 Å². The number of fused-ring (bicyclic) bond motifs is 1. The molecule has 0 radical (unpaired) electrons. The lowest BCUT2D eigenvalue weighted by Gasteiger charge is -2.18. The van der Waals surface area contributed by atoms with Gasteiger partial charge < -0.3 is 0 Å². The predicted octanol–water partition coefficient (Wildman–Crippen LogP) is 1.34. The molecule has 0 N–H and O–H groups in total. The van der Waals surface area contributed by atoms with Gasteiger partial charge in [0, 0.05) is 6.20 Å². The molecule has 68 valence electrons. The minimum atomic E-state index is 0.0605. The Morgan fingerprint density at radius 1 is 1.54 bits per heavy atom. The van der Waals surface area contributed by atoms with Crippen molar-refractivity contribution in [3.05, 3.63) is 23.9 Å².